The van der Waals surface area contributed by atoms with Crippen molar-refractivity contribution < 1.29 is 13.9 Å². The van der Waals surface area contributed by atoms with Gasteiger partial charge in [0.2, 0.25) is 5.91 Å². The molecule has 0 unspecified atom stereocenters. The summed E-state index contributed by atoms with van der Waals surface area (Å²) >= 11 is 1.55. The fourth-order valence-corrected chi connectivity index (χ4v) is 4.99. The van der Waals surface area contributed by atoms with Gasteiger partial charge in [0.15, 0.2) is 4.96 Å². The zero-order valence-corrected chi connectivity index (χ0v) is 19.2. The number of carbonyl (C=O) groups is 1. The first-order valence-corrected chi connectivity index (χ1v) is 12.0. The van der Waals surface area contributed by atoms with E-state index in [2.05, 4.69) is 4.90 Å². The van der Waals surface area contributed by atoms with Gasteiger partial charge in [-0.3, -0.25) is 9.20 Å². The monoisotopic (exact) mass is 464 g/mol. The number of nitrogens with zero attached hydrogens (tertiary/aromatic N) is 4. The number of halogens is 1. The maximum Gasteiger partial charge on any atom is 0.228 e. The summed E-state index contributed by atoms with van der Waals surface area (Å²) in [6, 6.07) is 14.4. The maximum atomic E-state index is 13.2. The smallest absolute Gasteiger partial charge is 0.228 e. The minimum Gasteiger partial charge on any atom is -0.494 e. The van der Waals surface area contributed by atoms with Gasteiger partial charge in [-0.2, -0.15) is 0 Å². The van der Waals surface area contributed by atoms with Crippen LogP contribution in [0.25, 0.3) is 16.2 Å². The van der Waals surface area contributed by atoms with Crippen LogP contribution in [-0.2, 0) is 11.2 Å². The summed E-state index contributed by atoms with van der Waals surface area (Å²) in [5.74, 6) is 0.720. The molecule has 8 heteroatoms. The number of anilines is 1. The van der Waals surface area contributed by atoms with E-state index in [0.717, 1.165) is 46.4 Å². The quantitative estimate of drug-likeness (QED) is 0.422. The molecule has 6 nitrogen and oxygen atoms in total. The first kappa shape index (κ1) is 21.5. The molecule has 1 aliphatic heterocycles. The first-order valence-electron chi connectivity index (χ1n) is 11.1. The van der Waals surface area contributed by atoms with E-state index in [9.17, 15) is 9.18 Å². The first-order chi connectivity index (χ1) is 16.1. The molecule has 0 radical (unpaired) electrons. The van der Waals surface area contributed by atoms with Gasteiger partial charge in [-0.1, -0.05) is 0 Å². The van der Waals surface area contributed by atoms with Crippen molar-refractivity contribution in [1.29, 1.82) is 0 Å². The minimum absolute atomic E-state index is 0.116. The van der Waals surface area contributed by atoms with Crippen molar-refractivity contribution in [1.82, 2.24) is 14.3 Å². The number of fused-ring (bicyclic) bond motifs is 1. The summed E-state index contributed by atoms with van der Waals surface area (Å²) in [5.41, 5.74) is 3.84. The summed E-state index contributed by atoms with van der Waals surface area (Å²) < 4.78 is 20.7. The van der Waals surface area contributed by atoms with E-state index in [1.54, 1.807) is 23.5 Å². The summed E-state index contributed by atoms with van der Waals surface area (Å²) in [6.45, 7) is 5.40. The highest BCUT2D eigenvalue weighted by Crippen LogP contribution is 2.26. The highest BCUT2D eigenvalue weighted by Gasteiger charge is 2.23. The van der Waals surface area contributed by atoms with Crippen LogP contribution in [-0.4, -0.2) is 53.0 Å². The van der Waals surface area contributed by atoms with Crippen LogP contribution in [0.3, 0.4) is 0 Å². The van der Waals surface area contributed by atoms with Crippen LogP contribution in [0.2, 0.25) is 0 Å². The normalized spacial score (nSPS) is 14.1. The molecule has 33 heavy (non-hydrogen) atoms. The highest BCUT2D eigenvalue weighted by molar-refractivity contribution is 7.15. The average Bonchev–Trinajstić information content (AvgIpc) is 3.42. The van der Waals surface area contributed by atoms with Gasteiger partial charge in [0.1, 0.15) is 11.6 Å². The van der Waals surface area contributed by atoms with Gasteiger partial charge in [0.05, 0.1) is 18.7 Å². The number of hydrogen-bond donors (Lipinski definition) is 0. The number of imidazole rings is 1. The SMILES string of the molecule is CCOc1ccc(-c2cn3c(CC(=O)N4CCN(c5ccc(F)cc5)CC4)csc3n2)cc1. The van der Waals surface area contributed by atoms with Gasteiger partial charge in [0.25, 0.3) is 0 Å². The number of aromatic nitrogens is 2. The van der Waals surface area contributed by atoms with Crippen LogP contribution < -0.4 is 9.64 Å². The second-order valence-electron chi connectivity index (χ2n) is 7.98. The van der Waals surface area contributed by atoms with E-state index < -0.39 is 0 Å². The molecule has 0 spiro atoms. The number of hydrogen-bond acceptors (Lipinski definition) is 5. The number of benzene rings is 2. The summed E-state index contributed by atoms with van der Waals surface area (Å²) in [4.78, 5) is 22.7. The fourth-order valence-electron chi connectivity index (χ4n) is 4.12. The third kappa shape index (κ3) is 4.57. The molecule has 170 valence electrons. The van der Waals surface area contributed by atoms with Crippen LogP contribution in [0.15, 0.2) is 60.1 Å². The van der Waals surface area contributed by atoms with Crippen molar-refractivity contribution in [2.75, 3.05) is 37.7 Å². The van der Waals surface area contributed by atoms with Gasteiger partial charge in [-0.15, -0.1) is 11.3 Å². The molecule has 4 aromatic rings. The Morgan fingerprint density at radius 3 is 2.48 bits per heavy atom. The Balaban J connectivity index is 1.24. The minimum atomic E-state index is -0.236. The Kier molecular flexibility index (Phi) is 6.00. The molecule has 5 rings (SSSR count). The van der Waals surface area contributed by atoms with Crippen LogP contribution in [0.1, 0.15) is 12.6 Å². The zero-order chi connectivity index (χ0) is 22.8. The Morgan fingerprint density at radius 1 is 1.06 bits per heavy atom. The second-order valence-corrected chi connectivity index (χ2v) is 8.82. The van der Waals surface area contributed by atoms with Crippen molar-refractivity contribution >= 4 is 27.9 Å². The van der Waals surface area contributed by atoms with E-state index in [1.807, 2.05) is 52.1 Å². The topological polar surface area (TPSA) is 50.1 Å². The van der Waals surface area contributed by atoms with Crippen LogP contribution in [0.5, 0.6) is 5.75 Å². The molecule has 2 aromatic heterocycles. The number of amides is 1. The molecule has 0 atom stereocenters. The van der Waals surface area contributed by atoms with Gasteiger partial charge in [-0.25, -0.2) is 9.37 Å². The van der Waals surface area contributed by atoms with Gasteiger partial charge in [-0.05, 0) is 55.5 Å². The van der Waals surface area contributed by atoms with Crippen molar-refractivity contribution in [3.05, 3.63) is 71.6 Å². The standard InChI is InChI=1S/C25H25FN4O2S/c1-2-32-22-9-3-18(4-10-22)23-16-30-21(17-33-25(30)27-23)15-24(31)29-13-11-28(12-14-29)20-7-5-19(26)6-8-20/h3-10,16-17H,2,11-15H2,1H3. The Bertz CT molecular complexity index is 1240. The maximum absolute atomic E-state index is 13.2. The molecule has 1 fully saturated rings. The molecule has 0 N–H and O–H groups in total. The fraction of sp³-hybridized carbons (Fsp3) is 0.280. The van der Waals surface area contributed by atoms with E-state index >= 15 is 0 Å². The number of rotatable bonds is 6. The lowest BCUT2D eigenvalue weighted by Gasteiger charge is -2.36. The third-order valence-corrected chi connectivity index (χ3v) is 6.79. The lowest BCUT2D eigenvalue weighted by atomic mass is 10.1. The molecule has 0 saturated carbocycles. The van der Waals surface area contributed by atoms with Crippen LogP contribution >= 0.6 is 11.3 Å². The number of piperazine rings is 1. The number of carbonyl (C=O) groups excluding carboxylic acids is 1. The zero-order valence-electron chi connectivity index (χ0n) is 18.4. The Hall–Kier alpha value is -3.39. The highest BCUT2D eigenvalue weighted by atomic mass is 32.1. The van der Waals surface area contributed by atoms with Gasteiger partial charge < -0.3 is 14.5 Å². The summed E-state index contributed by atoms with van der Waals surface area (Å²) in [7, 11) is 0. The number of thiazole rings is 1. The Morgan fingerprint density at radius 2 is 1.79 bits per heavy atom. The van der Waals surface area contributed by atoms with Crippen molar-refractivity contribution in [3.8, 4) is 17.0 Å². The molecule has 0 aliphatic carbocycles. The largest absolute Gasteiger partial charge is 0.494 e. The molecular formula is C25H25FN4O2S. The predicted octanol–water partition coefficient (Wildman–Crippen LogP) is 4.49. The van der Waals surface area contributed by atoms with Gasteiger partial charge >= 0.3 is 0 Å². The molecule has 1 amide bonds. The number of ether oxygens (including phenoxy) is 1. The summed E-state index contributed by atoms with van der Waals surface area (Å²) in [6.07, 6.45) is 2.34. The lowest BCUT2D eigenvalue weighted by molar-refractivity contribution is -0.130. The van der Waals surface area contributed by atoms with Crippen molar-refractivity contribution in [2.24, 2.45) is 0 Å². The van der Waals surface area contributed by atoms with E-state index in [-0.39, 0.29) is 11.7 Å². The summed E-state index contributed by atoms with van der Waals surface area (Å²) in [5, 5.41) is 2.01. The second kappa shape index (κ2) is 9.23. The third-order valence-electron chi connectivity index (χ3n) is 5.90. The van der Waals surface area contributed by atoms with Gasteiger partial charge in [0, 0.05) is 54.7 Å². The molecule has 3 heterocycles. The van der Waals surface area contributed by atoms with E-state index in [0.29, 0.717) is 26.1 Å². The average molecular weight is 465 g/mol. The molecular weight excluding hydrogens is 439 g/mol. The van der Waals surface area contributed by atoms with Crippen LogP contribution in [0, 0.1) is 5.82 Å². The molecule has 0 bridgehead atoms. The Labute approximate surface area is 195 Å². The lowest BCUT2D eigenvalue weighted by Crippen LogP contribution is -2.49. The van der Waals surface area contributed by atoms with Crippen LogP contribution in [0.4, 0.5) is 10.1 Å². The molecule has 2 aromatic carbocycles. The predicted molar refractivity (Wildman–Crippen MR) is 129 cm³/mol. The van der Waals surface area contributed by atoms with Crippen molar-refractivity contribution in [2.45, 2.75) is 13.3 Å². The van der Waals surface area contributed by atoms with Crippen molar-refractivity contribution in [3.63, 3.8) is 0 Å². The molecule has 1 saturated heterocycles. The van der Waals surface area contributed by atoms with E-state index in [4.69, 9.17) is 9.72 Å². The molecule has 1 aliphatic rings. The van der Waals surface area contributed by atoms with E-state index in [1.165, 1.54) is 12.1 Å².